The molecular weight excluding hydrogens is 214 g/mol. The van der Waals surface area contributed by atoms with Gasteiger partial charge in [-0.1, -0.05) is 26.2 Å². The molecule has 0 aromatic carbocycles. The van der Waals surface area contributed by atoms with Crippen LogP contribution in [0.25, 0.3) is 0 Å². The third-order valence-electron chi connectivity index (χ3n) is 2.29. The van der Waals surface area contributed by atoms with E-state index in [4.69, 9.17) is 0 Å². The lowest BCUT2D eigenvalue weighted by molar-refractivity contribution is -0.140. The van der Waals surface area contributed by atoms with Gasteiger partial charge in [-0.25, -0.2) is 0 Å². The van der Waals surface area contributed by atoms with Crippen LogP contribution in [0.3, 0.4) is 0 Å². The highest BCUT2D eigenvalue weighted by Gasteiger charge is 2.03. The largest absolute Gasteiger partial charge is 0.469 e. The number of ether oxygens (including phenoxy) is 1. The van der Waals surface area contributed by atoms with Gasteiger partial charge >= 0.3 is 5.97 Å². The number of carbonyl (C=O) groups is 1. The Balaban J connectivity index is 0. The zero-order chi connectivity index (χ0) is 10.8. The van der Waals surface area contributed by atoms with Gasteiger partial charge in [0.15, 0.2) is 0 Å². The summed E-state index contributed by atoms with van der Waals surface area (Å²) in [6.45, 7) is 5.09. The minimum Gasteiger partial charge on any atom is -0.469 e. The van der Waals surface area contributed by atoms with Crippen molar-refractivity contribution in [2.45, 2.75) is 52.0 Å². The number of hydrogen-bond donors (Lipinski definition) is 1. The molecule has 0 unspecified atom stereocenters. The summed E-state index contributed by atoms with van der Waals surface area (Å²) < 4.78 is 4.55. The third kappa shape index (κ3) is 11.6. The Hall–Kier alpha value is -0.280. The summed E-state index contributed by atoms with van der Waals surface area (Å²) in [6, 6.07) is 0.506. The van der Waals surface area contributed by atoms with E-state index < -0.39 is 0 Å². The van der Waals surface area contributed by atoms with Crippen molar-refractivity contribution in [3.05, 3.63) is 0 Å². The van der Waals surface area contributed by atoms with Gasteiger partial charge in [0.2, 0.25) is 0 Å². The van der Waals surface area contributed by atoms with E-state index in [1.165, 1.54) is 32.8 Å². The topological polar surface area (TPSA) is 38.3 Å². The Bertz CT molecular complexity index is 154. The van der Waals surface area contributed by atoms with Crippen molar-refractivity contribution >= 4 is 18.4 Å². The average Bonchev–Trinajstić information content (AvgIpc) is 2.18. The molecule has 1 atom stereocenters. The van der Waals surface area contributed by atoms with E-state index in [9.17, 15) is 4.79 Å². The van der Waals surface area contributed by atoms with Gasteiger partial charge in [-0.05, 0) is 13.3 Å². The molecule has 0 radical (unpaired) electrons. The predicted octanol–water partition coefficient (Wildman–Crippen LogP) is 2.53. The summed E-state index contributed by atoms with van der Waals surface area (Å²) in [4.78, 5) is 10.8. The van der Waals surface area contributed by atoms with E-state index in [1.807, 2.05) is 0 Å². The Morgan fingerprint density at radius 2 is 2.07 bits per heavy atom. The number of hydrogen-bond acceptors (Lipinski definition) is 3. The van der Waals surface area contributed by atoms with Crippen LogP contribution in [0.5, 0.6) is 0 Å². The molecular formula is C11H24ClNO2. The molecule has 0 saturated carbocycles. The van der Waals surface area contributed by atoms with Gasteiger partial charge in [-0.15, -0.1) is 12.4 Å². The maximum Gasteiger partial charge on any atom is 0.306 e. The maximum absolute atomic E-state index is 10.8. The monoisotopic (exact) mass is 237 g/mol. The Labute approximate surface area is 99.4 Å². The molecule has 0 aliphatic rings. The minimum absolute atomic E-state index is 0. The first-order valence-electron chi connectivity index (χ1n) is 5.50. The molecule has 0 aromatic heterocycles. The molecule has 0 rings (SSSR count). The molecule has 0 fully saturated rings. The number of esters is 1. The standard InChI is InChI=1S/C11H23NO2.ClH/c1-4-5-6-7-10(2)12-9-8-11(13)14-3;/h10,12H,4-9H2,1-3H3;1H/t10-;/m1./s1. The van der Waals surface area contributed by atoms with Gasteiger partial charge < -0.3 is 10.1 Å². The Morgan fingerprint density at radius 1 is 1.40 bits per heavy atom. The summed E-state index contributed by atoms with van der Waals surface area (Å²) >= 11 is 0. The average molecular weight is 238 g/mol. The van der Waals surface area contributed by atoms with Gasteiger partial charge in [-0.3, -0.25) is 4.79 Å². The number of rotatable bonds is 8. The number of methoxy groups -OCH3 is 1. The lowest BCUT2D eigenvalue weighted by Crippen LogP contribution is -2.28. The van der Waals surface area contributed by atoms with Gasteiger partial charge in [0, 0.05) is 12.6 Å². The highest BCUT2D eigenvalue weighted by molar-refractivity contribution is 5.85. The molecule has 3 nitrogen and oxygen atoms in total. The van der Waals surface area contributed by atoms with Crippen LogP contribution in [0.1, 0.15) is 46.0 Å². The molecule has 0 aromatic rings. The van der Waals surface area contributed by atoms with Crippen molar-refractivity contribution in [1.82, 2.24) is 5.32 Å². The van der Waals surface area contributed by atoms with Crippen LogP contribution in [-0.2, 0) is 9.53 Å². The van der Waals surface area contributed by atoms with Crippen LogP contribution in [0, 0.1) is 0 Å². The van der Waals surface area contributed by atoms with E-state index >= 15 is 0 Å². The van der Waals surface area contributed by atoms with Crippen molar-refractivity contribution in [2.75, 3.05) is 13.7 Å². The van der Waals surface area contributed by atoms with Crippen LogP contribution in [0.15, 0.2) is 0 Å². The highest BCUT2D eigenvalue weighted by atomic mass is 35.5. The van der Waals surface area contributed by atoms with Gasteiger partial charge in [-0.2, -0.15) is 0 Å². The molecule has 0 saturated heterocycles. The number of halogens is 1. The SMILES string of the molecule is CCCCC[C@@H](C)NCCC(=O)OC.Cl. The molecule has 1 N–H and O–H groups in total. The number of unbranched alkanes of at least 4 members (excludes halogenated alkanes) is 2. The lowest BCUT2D eigenvalue weighted by Gasteiger charge is -2.12. The van der Waals surface area contributed by atoms with Crippen molar-refractivity contribution in [1.29, 1.82) is 0 Å². The van der Waals surface area contributed by atoms with Crippen molar-refractivity contribution in [2.24, 2.45) is 0 Å². The molecule has 0 aliphatic heterocycles. The fraction of sp³-hybridized carbons (Fsp3) is 0.909. The van der Waals surface area contributed by atoms with Crippen molar-refractivity contribution < 1.29 is 9.53 Å². The minimum atomic E-state index is -0.141. The van der Waals surface area contributed by atoms with E-state index in [1.54, 1.807) is 0 Å². The zero-order valence-corrected chi connectivity index (χ0v) is 10.9. The third-order valence-corrected chi connectivity index (χ3v) is 2.29. The van der Waals surface area contributed by atoms with Crippen LogP contribution < -0.4 is 5.32 Å². The molecule has 15 heavy (non-hydrogen) atoms. The Morgan fingerprint density at radius 3 is 2.60 bits per heavy atom. The van der Waals surface area contributed by atoms with E-state index in [2.05, 4.69) is 23.9 Å². The summed E-state index contributed by atoms with van der Waals surface area (Å²) in [5.74, 6) is -0.141. The van der Waals surface area contributed by atoms with E-state index in [0.717, 1.165) is 6.54 Å². The first-order valence-corrected chi connectivity index (χ1v) is 5.50. The molecule has 4 heteroatoms. The first-order chi connectivity index (χ1) is 6.70. The fourth-order valence-corrected chi connectivity index (χ4v) is 1.33. The molecule has 0 spiro atoms. The van der Waals surface area contributed by atoms with Crippen molar-refractivity contribution in [3.63, 3.8) is 0 Å². The quantitative estimate of drug-likeness (QED) is 0.521. The van der Waals surface area contributed by atoms with Gasteiger partial charge in [0.1, 0.15) is 0 Å². The second kappa shape index (κ2) is 11.8. The molecule has 0 heterocycles. The highest BCUT2D eigenvalue weighted by Crippen LogP contribution is 2.02. The van der Waals surface area contributed by atoms with Crippen molar-refractivity contribution in [3.8, 4) is 0 Å². The molecule has 92 valence electrons. The number of nitrogens with one attached hydrogen (secondary N) is 1. The van der Waals surface area contributed by atoms with Crippen LogP contribution >= 0.6 is 12.4 Å². The van der Waals surface area contributed by atoms with Crippen LogP contribution in [-0.4, -0.2) is 25.7 Å². The first kappa shape index (κ1) is 17.1. The summed E-state index contributed by atoms with van der Waals surface area (Å²) in [5.41, 5.74) is 0. The van der Waals surface area contributed by atoms with Gasteiger partial charge in [0.05, 0.1) is 13.5 Å². The summed E-state index contributed by atoms with van der Waals surface area (Å²) in [6.07, 6.45) is 5.48. The number of carbonyl (C=O) groups excluding carboxylic acids is 1. The van der Waals surface area contributed by atoms with Gasteiger partial charge in [0.25, 0.3) is 0 Å². The normalized spacial score (nSPS) is 11.7. The van der Waals surface area contributed by atoms with Crippen LogP contribution in [0.2, 0.25) is 0 Å². The lowest BCUT2D eigenvalue weighted by atomic mass is 10.1. The zero-order valence-electron chi connectivity index (χ0n) is 10.0. The fourth-order valence-electron chi connectivity index (χ4n) is 1.33. The Kier molecular flexibility index (Phi) is 13.5. The maximum atomic E-state index is 10.8. The second-order valence-electron chi connectivity index (χ2n) is 3.68. The molecule has 0 amide bonds. The van der Waals surface area contributed by atoms with E-state index in [0.29, 0.717) is 12.5 Å². The van der Waals surface area contributed by atoms with Crippen LogP contribution in [0.4, 0.5) is 0 Å². The second-order valence-corrected chi connectivity index (χ2v) is 3.68. The predicted molar refractivity (Wildman–Crippen MR) is 65.5 cm³/mol. The summed E-state index contributed by atoms with van der Waals surface area (Å²) in [7, 11) is 1.42. The summed E-state index contributed by atoms with van der Waals surface area (Å²) in [5, 5.41) is 3.31. The molecule has 0 aliphatic carbocycles. The van der Waals surface area contributed by atoms with E-state index in [-0.39, 0.29) is 18.4 Å². The molecule has 0 bridgehead atoms. The smallest absolute Gasteiger partial charge is 0.306 e.